The highest BCUT2D eigenvalue weighted by Gasteiger charge is 2.27. The predicted octanol–water partition coefficient (Wildman–Crippen LogP) is 2.68. The van der Waals surface area contributed by atoms with Gasteiger partial charge in [0.25, 0.3) is 5.91 Å². The number of hydrogen-bond acceptors (Lipinski definition) is 5. The molecule has 4 rings (SSSR count). The summed E-state index contributed by atoms with van der Waals surface area (Å²) in [5, 5.41) is 13.9. The molecule has 1 aliphatic rings. The van der Waals surface area contributed by atoms with Crippen molar-refractivity contribution in [3.63, 3.8) is 0 Å². The molecule has 2 heterocycles. The molecule has 3 aromatic rings. The minimum Gasteiger partial charge on any atom is -0.366 e. The molecular formula is C20H25N7O. The number of nitrogens with zero attached hydrogens (tertiary/aromatic N) is 4. The average molecular weight is 379 g/mol. The Hall–Kier alpha value is -3.16. The standard InChI is InChI=1S/C20H25N7O/c1-20(2,3)12-7-9-13(10-8-12)27-16-6-4-5-15(14(16)11-22-27)23-18(28)17-24-19(21)26-25-17/h7-11,15H,4-6H2,1-3H3,(H,23,28)(H3,21,24,25,26)/t15-/m0/s1. The zero-order valence-corrected chi connectivity index (χ0v) is 16.4. The molecule has 4 N–H and O–H groups in total. The van der Waals surface area contributed by atoms with Crippen molar-refractivity contribution in [3.8, 4) is 5.69 Å². The van der Waals surface area contributed by atoms with E-state index in [2.05, 4.69) is 70.6 Å². The van der Waals surface area contributed by atoms with Crippen molar-refractivity contribution in [1.29, 1.82) is 0 Å². The molecule has 2 aromatic heterocycles. The molecule has 0 bridgehead atoms. The van der Waals surface area contributed by atoms with Gasteiger partial charge in [0.2, 0.25) is 11.8 Å². The van der Waals surface area contributed by atoms with E-state index in [4.69, 9.17) is 5.73 Å². The van der Waals surface area contributed by atoms with Crippen LogP contribution >= 0.6 is 0 Å². The largest absolute Gasteiger partial charge is 0.366 e. The molecular weight excluding hydrogens is 354 g/mol. The summed E-state index contributed by atoms with van der Waals surface area (Å²) in [4.78, 5) is 16.3. The third-order valence-electron chi connectivity index (χ3n) is 5.18. The van der Waals surface area contributed by atoms with Crippen LogP contribution in [0.3, 0.4) is 0 Å². The van der Waals surface area contributed by atoms with Crippen LogP contribution < -0.4 is 11.1 Å². The Morgan fingerprint density at radius 2 is 2.04 bits per heavy atom. The summed E-state index contributed by atoms with van der Waals surface area (Å²) in [6.45, 7) is 6.60. The summed E-state index contributed by atoms with van der Waals surface area (Å²) in [5.74, 6) is -0.139. The minimum atomic E-state index is -0.315. The monoisotopic (exact) mass is 379 g/mol. The van der Waals surface area contributed by atoms with Gasteiger partial charge in [-0.3, -0.25) is 9.89 Å². The number of rotatable bonds is 3. The fraction of sp³-hybridized carbons (Fsp3) is 0.400. The van der Waals surface area contributed by atoms with Gasteiger partial charge in [-0.25, -0.2) is 4.68 Å². The normalized spacial score (nSPS) is 16.6. The minimum absolute atomic E-state index is 0.0565. The van der Waals surface area contributed by atoms with Gasteiger partial charge < -0.3 is 11.1 Å². The third kappa shape index (κ3) is 3.37. The Morgan fingerprint density at radius 1 is 1.29 bits per heavy atom. The molecule has 0 saturated carbocycles. The highest BCUT2D eigenvalue weighted by molar-refractivity contribution is 5.90. The molecule has 0 unspecified atom stereocenters. The molecule has 1 amide bonds. The number of fused-ring (bicyclic) bond motifs is 1. The molecule has 0 spiro atoms. The Kier molecular flexibility index (Phi) is 4.41. The Bertz CT molecular complexity index is 994. The van der Waals surface area contributed by atoms with Crippen molar-refractivity contribution in [1.82, 2.24) is 30.3 Å². The molecule has 8 nitrogen and oxygen atoms in total. The molecule has 1 aliphatic carbocycles. The van der Waals surface area contributed by atoms with E-state index in [1.807, 2.05) is 10.9 Å². The number of aromatic amines is 1. The maximum atomic E-state index is 12.4. The van der Waals surface area contributed by atoms with Gasteiger partial charge in [-0.2, -0.15) is 10.1 Å². The van der Waals surface area contributed by atoms with Crippen LogP contribution in [-0.4, -0.2) is 30.9 Å². The van der Waals surface area contributed by atoms with E-state index < -0.39 is 0 Å². The molecule has 0 saturated heterocycles. The van der Waals surface area contributed by atoms with Gasteiger partial charge in [0.1, 0.15) is 0 Å². The van der Waals surface area contributed by atoms with Crippen molar-refractivity contribution in [2.45, 2.75) is 51.5 Å². The molecule has 1 aromatic carbocycles. The highest BCUT2D eigenvalue weighted by atomic mass is 16.2. The number of hydrogen-bond donors (Lipinski definition) is 3. The lowest BCUT2D eigenvalue weighted by Crippen LogP contribution is -2.31. The first kappa shape index (κ1) is 18.2. The van der Waals surface area contributed by atoms with Crippen LogP contribution in [0.25, 0.3) is 5.69 Å². The van der Waals surface area contributed by atoms with Crippen LogP contribution in [0, 0.1) is 0 Å². The van der Waals surface area contributed by atoms with E-state index >= 15 is 0 Å². The zero-order valence-electron chi connectivity index (χ0n) is 16.4. The molecule has 8 heteroatoms. The van der Waals surface area contributed by atoms with Gasteiger partial charge in [-0.05, 0) is 42.4 Å². The summed E-state index contributed by atoms with van der Waals surface area (Å²) < 4.78 is 1.98. The van der Waals surface area contributed by atoms with E-state index in [1.54, 1.807) is 0 Å². The molecule has 0 radical (unpaired) electrons. The number of nitrogens with one attached hydrogen (secondary N) is 2. The number of carbonyl (C=O) groups excluding carboxylic acids is 1. The number of nitrogen functional groups attached to an aromatic ring is 1. The van der Waals surface area contributed by atoms with Gasteiger partial charge in [-0.15, -0.1) is 5.10 Å². The van der Waals surface area contributed by atoms with Crippen LogP contribution in [0.15, 0.2) is 30.5 Å². The van der Waals surface area contributed by atoms with E-state index in [9.17, 15) is 4.79 Å². The number of aromatic nitrogens is 5. The molecule has 0 fully saturated rings. The lowest BCUT2D eigenvalue weighted by Gasteiger charge is -2.24. The van der Waals surface area contributed by atoms with E-state index in [0.29, 0.717) is 0 Å². The fourth-order valence-corrected chi connectivity index (χ4v) is 3.63. The third-order valence-corrected chi connectivity index (χ3v) is 5.18. The van der Waals surface area contributed by atoms with Crippen molar-refractivity contribution in [2.24, 2.45) is 0 Å². The summed E-state index contributed by atoms with van der Waals surface area (Å²) in [6.07, 6.45) is 4.61. The quantitative estimate of drug-likeness (QED) is 0.647. The zero-order chi connectivity index (χ0) is 19.9. The van der Waals surface area contributed by atoms with Gasteiger partial charge in [-0.1, -0.05) is 32.9 Å². The Labute approximate surface area is 163 Å². The molecule has 28 heavy (non-hydrogen) atoms. The highest BCUT2D eigenvalue weighted by Crippen LogP contribution is 2.32. The maximum Gasteiger partial charge on any atom is 0.289 e. The van der Waals surface area contributed by atoms with Crippen molar-refractivity contribution < 1.29 is 4.79 Å². The first-order valence-electron chi connectivity index (χ1n) is 9.49. The topological polar surface area (TPSA) is 115 Å². The SMILES string of the molecule is CC(C)(C)c1ccc(-n2ncc3c2CCC[C@@H]3NC(=O)c2nc(N)n[nH]2)cc1. The second-order valence-electron chi connectivity index (χ2n) is 8.22. The Balaban J connectivity index is 1.58. The van der Waals surface area contributed by atoms with Crippen LogP contribution in [0.4, 0.5) is 5.95 Å². The number of nitrogens with two attached hydrogens (primary N) is 1. The summed E-state index contributed by atoms with van der Waals surface area (Å²) in [5.41, 5.74) is 10.1. The summed E-state index contributed by atoms with van der Waals surface area (Å²) in [6, 6.07) is 8.41. The Morgan fingerprint density at radius 3 is 2.68 bits per heavy atom. The number of carbonyl (C=O) groups is 1. The smallest absolute Gasteiger partial charge is 0.289 e. The number of amides is 1. The van der Waals surface area contributed by atoms with Crippen molar-refractivity contribution in [2.75, 3.05) is 5.73 Å². The van der Waals surface area contributed by atoms with Gasteiger partial charge >= 0.3 is 0 Å². The van der Waals surface area contributed by atoms with Crippen molar-refractivity contribution >= 4 is 11.9 Å². The summed E-state index contributed by atoms with van der Waals surface area (Å²) >= 11 is 0. The average Bonchev–Trinajstić information content (AvgIpc) is 3.28. The van der Waals surface area contributed by atoms with Gasteiger partial charge in [0, 0.05) is 11.3 Å². The number of benzene rings is 1. The second kappa shape index (κ2) is 6.78. The second-order valence-corrected chi connectivity index (χ2v) is 8.22. The van der Waals surface area contributed by atoms with Crippen molar-refractivity contribution in [3.05, 3.63) is 53.1 Å². The maximum absolute atomic E-state index is 12.4. The lowest BCUT2D eigenvalue weighted by atomic mass is 9.87. The van der Waals surface area contributed by atoms with E-state index in [0.717, 1.165) is 36.2 Å². The van der Waals surface area contributed by atoms with Crippen LogP contribution in [0.5, 0.6) is 0 Å². The van der Waals surface area contributed by atoms with E-state index in [1.165, 1.54) is 5.56 Å². The first-order valence-corrected chi connectivity index (χ1v) is 9.49. The number of H-pyrrole nitrogens is 1. The lowest BCUT2D eigenvalue weighted by molar-refractivity contribution is 0.0922. The van der Waals surface area contributed by atoms with Crippen LogP contribution in [0.1, 0.15) is 67.1 Å². The van der Waals surface area contributed by atoms with Crippen LogP contribution in [0.2, 0.25) is 0 Å². The fourth-order valence-electron chi connectivity index (χ4n) is 3.63. The molecule has 1 atom stereocenters. The van der Waals surface area contributed by atoms with Gasteiger partial charge in [0.05, 0.1) is 17.9 Å². The van der Waals surface area contributed by atoms with Crippen LogP contribution in [-0.2, 0) is 11.8 Å². The molecule has 146 valence electrons. The number of anilines is 1. The predicted molar refractivity (Wildman–Crippen MR) is 106 cm³/mol. The first-order chi connectivity index (χ1) is 13.3. The summed E-state index contributed by atoms with van der Waals surface area (Å²) in [7, 11) is 0. The van der Waals surface area contributed by atoms with E-state index in [-0.39, 0.29) is 29.1 Å². The molecule has 0 aliphatic heterocycles. The van der Waals surface area contributed by atoms with Gasteiger partial charge in [0.15, 0.2) is 0 Å².